The molecule has 2 amide bonds. The highest BCUT2D eigenvalue weighted by Crippen LogP contribution is 2.39. The summed E-state index contributed by atoms with van der Waals surface area (Å²) < 4.78 is 11.0. The molecule has 3 aromatic carbocycles. The number of nitrogens with one attached hydrogen (secondary N) is 1. The number of hydrogen-bond acceptors (Lipinski definition) is 5. The third-order valence-electron chi connectivity index (χ3n) is 5.71. The van der Waals surface area contributed by atoms with Crippen molar-refractivity contribution in [3.63, 3.8) is 0 Å². The largest absolute Gasteiger partial charge is 0.497 e. The molecule has 1 aliphatic heterocycles. The van der Waals surface area contributed by atoms with Gasteiger partial charge in [0.25, 0.3) is 5.89 Å². The molecule has 5 rings (SSSR count). The van der Waals surface area contributed by atoms with E-state index in [9.17, 15) is 4.79 Å². The lowest BCUT2D eigenvalue weighted by Gasteiger charge is -2.35. The molecule has 1 N–H and O–H groups in total. The second-order valence-electron chi connectivity index (χ2n) is 7.76. The van der Waals surface area contributed by atoms with E-state index in [0.29, 0.717) is 39.4 Å². The quantitative estimate of drug-likeness (QED) is 0.379. The van der Waals surface area contributed by atoms with Gasteiger partial charge in [0.2, 0.25) is 5.82 Å². The zero-order valence-corrected chi connectivity index (χ0v) is 19.3. The number of allylic oxidation sites excluding steroid dienone is 1. The number of benzene rings is 3. The van der Waals surface area contributed by atoms with Crippen molar-refractivity contribution in [1.82, 2.24) is 15.5 Å². The summed E-state index contributed by atoms with van der Waals surface area (Å²) in [5.41, 5.74) is 3.78. The Kier molecular flexibility index (Phi) is 5.77. The molecule has 8 heteroatoms. The fraction of sp³-hybridized carbons (Fsp3) is 0.115. The second-order valence-corrected chi connectivity index (χ2v) is 8.19. The van der Waals surface area contributed by atoms with Crippen LogP contribution in [0, 0.1) is 0 Å². The Morgan fingerprint density at radius 2 is 1.71 bits per heavy atom. The number of methoxy groups -OCH3 is 1. The highest BCUT2D eigenvalue weighted by atomic mass is 35.5. The number of rotatable bonds is 5. The molecule has 4 aromatic rings. The molecule has 0 aliphatic carbocycles. The number of anilines is 1. The van der Waals surface area contributed by atoms with Gasteiger partial charge in [0, 0.05) is 16.3 Å². The van der Waals surface area contributed by atoms with Crippen molar-refractivity contribution in [1.29, 1.82) is 0 Å². The Morgan fingerprint density at radius 1 is 1.00 bits per heavy atom. The first kappa shape index (κ1) is 21.7. The van der Waals surface area contributed by atoms with E-state index in [1.807, 2.05) is 73.7 Å². The molecular weight excluding hydrogens is 452 g/mol. The Hall–Kier alpha value is -4.10. The molecule has 0 bridgehead atoms. The third-order valence-corrected chi connectivity index (χ3v) is 5.96. The van der Waals surface area contributed by atoms with Crippen LogP contribution in [0.1, 0.15) is 24.4 Å². The summed E-state index contributed by atoms with van der Waals surface area (Å²) in [7, 11) is 1.60. The van der Waals surface area contributed by atoms with Gasteiger partial charge in [-0.25, -0.2) is 4.79 Å². The molecule has 1 aromatic heterocycles. The maximum Gasteiger partial charge on any atom is 0.326 e. The molecule has 1 atom stereocenters. The maximum atomic E-state index is 13.2. The van der Waals surface area contributed by atoms with Gasteiger partial charge in [-0.2, -0.15) is 4.98 Å². The number of amides is 2. The average molecular weight is 473 g/mol. The molecule has 0 radical (unpaired) electrons. The summed E-state index contributed by atoms with van der Waals surface area (Å²) in [6.07, 6.45) is 0. The molecule has 0 saturated carbocycles. The van der Waals surface area contributed by atoms with Gasteiger partial charge in [0.05, 0.1) is 24.4 Å². The number of urea groups is 1. The standard InChI is InChI=1S/C26H21ClN4O3/c1-16-22(25-29-24(30-34-25)18-8-10-19(27)11-9-18)23(17-6-4-3-5-7-17)28-26(32)31(16)20-12-14-21(33-2)15-13-20/h3-15,23H,1-2H3,(H,28,32). The summed E-state index contributed by atoms with van der Waals surface area (Å²) in [6, 6.07) is 23.5. The first-order valence-electron chi connectivity index (χ1n) is 10.7. The van der Waals surface area contributed by atoms with Gasteiger partial charge in [-0.15, -0.1) is 0 Å². The third kappa shape index (κ3) is 4.02. The topological polar surface area (TPSA) is 80.5 Å². The Labute approximate surface area is 201 Å². The lowest BCUT2D eigenvalue weighted by atomic mass is 9.94. The van der Waals surface area contributed by atoms with Gasteiger partial charge in [0.15, 0.2) is 0 Å². The number of hydrogen-bond donors (Lipinski definition) is 1. The minimum absolute atomic E-state index is 0.252. The van der Waals surface area contributed by atoms with Crippen LogP contribution >= 0.6 is 11.6 Å². The van der Waals surface area contributed by atoms with Crippen molar-refractivity contribution < 1.29 is 14.1 Å². The molecule has 34 heavy (non-hydrogen) atoms. The number of carbonyl (C=O) groups is 1. The van der Waals surface area contributed by atoms with Crippen LogP contribution in [0.25, 0.3) is 17.0 Å². The van der Waals surface area contributed by atoms with Crippen LogP contribution in [0.5, 0.6) is 5.75 Å². The Bertz CT molecular complexity index is 1350. The van der Waals surface area contributed by atoms with E-state index in [1.54, 1.807) is 24.1 Å². The van der Waals surface area contributed by atoms with E-state index in [2.05, 4.69) is 15.5 Å². The zero-order valence-electron chi connectivity index (χ0n) is 18.5. The molecule has 0 saturated heterocycles. The van der Waals surface area contributed by atoms with E-state index in [1.165, 1.54) is 0 Å². The summed E-state index contributed by atoms with van der Waals surface area (Å²) >= 11 is 6.01. The Morgan fingerprint density at radius 3 is 2.38 bits per heavy atom. The summed E-state index contributed by atoms with van der Waals surface area (Å²) in [5, 5.41) is 7.91. The smallest absolute Gasteiger partial charge is 0.326 e. The normalized spacial score (nSPS) is 15.9. The van der Waals surface area contributed by atoms with Crippen molar-refractivity contribution in [2.75, 3.05) is 12.0 Å². The van der Waals surface area contributed by atoms with Gasteiger partial charge < -0.3 is 14.6 Å². The van der Waals surface area contributed by atoms with Crippen LogP contribution in [0.4, 0.5) is 10.5 Å². The first-order chi connectivity index (χ1) is 16.5. The van der Waals surface area contributed by atoms with E-state index < -0.39 is 6.04 Å². The van der Waals surface area contributed by atoms with Crippen molar-refractivity contribution in [2.24, 2.45) is 0 Å². The van der Waals surface area contributed by atoms with Gasteiger partial charge in [0.1, 0.15) is 5.75 Å². The fourth-order valence-corrected chi connectivity index (χ4v) is 4.13. The summed E-state index contributed by atoms with van der Waals surface area (Å²) in [5.74, 6) is 1.47. The molecule has 0 fully saturated rings. The highest BCUT2D eigenvalue weighted by molar-refractivity contribution is 6.30. The van der Waals surface area contributed by atoms with Crippen molar-refractivity contribution in [2.45, 2.75) is 13.0 Å². The van der Waals surface area contributed by atoms with E-state index >= 15 is 0 Å². The predicted molar refractivity (Wildman–Crippen MR) is 131 cm³/mol. The maximum absolute atomic E-state index is 13.2. The summed E-state index contributed by atoms with van der Waals surface area (Å²) in [6.45, 7) is 1.88. The monoisotopic (exact) mass is 472 g/mol. The van der Waals surface area contributed by atoms with Crippen molar-refractivity contribution in [3.05, 3.63) is 101 Å². The van der Waals surface area contributed by atoms with Crippen LogP contribution in [-0.2, 0) is 0 Å². The van der Waals surface area contributed by atoms with E-state index in [-0.39, 0.29) is 6.03 Å². The predicted octanol–water partition coefficient (Wildman–Crippen LogP) is 6.10. The fourth-order valence-electron chi connectivity index (χ4n) is 4.01. The lowest BCUT2D eigenvalue weighted by molar-refractivity contribution is 0.244. The van der Waals surface area contributed by atoms with Gasteiger partial charge in [-0.1, -0.05) is 47.1 Å². The second kappa shape index (κ2) is 9.03. The summed E-state index contributed by atoms with van der Waals surface area (Å²) in [4.78, 5) is 19.5. The van der Waals surface area contributed by atoms with Crippen molar-refractivity contribution >= 4 is 28.9 Å². The van der Waals surface area contributed by atoms with Gasteiger partial charge in [-0.3, -0.25) is 4.90 Å². The van der Waals surface area contributed by atoms with Crippen LogP contribution in [0.2, 0.25) is 5.02 Å². The zero-order chi connectivity index (χ0) is 23.7. The molecule has 170 valence electrons. The average Bonchev–Trinajstić information content (AvgIpc) is 3.35. The highest BCUT2D eigenvalue weighted by Gasteiger charge is 2.36. The van der Waals surface area contributed by atoms with Gasteiger partial charge >= 0.3 is 6.03 Å². The Balaban J connectivity index is 1.63. The van der Waals surface area contributed by atoms with Crippen LogP contribution in [-0.4, -0.2) is 23.3 Å². The lowest BCUT2D eigenvalue weighted by Crippen LogP contribution is -2.46. The first-order valence-corrected chi connectivity index (χ1v) is 11.0. The van der Waals surface area contributed by atoms with Gasteiger partial charge in [-0.05, 0) is 61.0 Å². The van der Waals surface area contributed by atoms with Crippen LogP contribution in [0.3, 0.4) is 0 Å². The molecule has 0 spiro atoms. The number of ether oxygens (including phenoxy) is 1. The molecule has 1 aliphatic rings. The number of aromatic nitrogens is 2. The molecule has 1 unspecified atom stereocenters. The van der Waals surface area contributed by atoms with Crippen LogP contribution < -0.4 is 15.0 Å². The molecule has 7 nitrogen and oxygen atoms in total. The SMILES string of the molecule is COc1ccc(N2C(=O)NC(c3ccccc3)C(c3nc(-c4ccc(Cl)cc4)no3)=C2C)cc1. The number of carbonyl (C=O) groups excluding carboxylic acids is 1. The minimum atomic E-state index is -0.457. The van der Waals surface area contributed by atoms with Crippen molar-refractivity contribution in [3.8, 4) is 17.1 Å². The van der Waals surface area contributed by atoms with E-state index in [4.69, 9.17) is 20.9 Å². The van der Waals surface area contributed by atoms with E-state index in [0.717, 1.165) is 11.1 Å². The van der Waals surface area contributed by atoms with Crippen LogP contribution in [0.15, 0.2) is 89.1 Å². The number of halogens is 1. The molecular formula is C26H21ClN4O3. The minimum Gasteiger partial charge on any atom is -0.497 e. The molecule has 2 heterocycles. The number of nitrogens with zero attached hydrogens (tertiary/aromatic N) is 3.